The highest BCUT2D eigenvalue weighted by atomic mass is 127. The van der Waals surface area contributed by atoms with Crippen molar-refractivity contribution in [3.05, 3.63) is 35.6 Å². The smallest absolute Gasteiger partial charge is 0.191 e. The van der Waals surface area contributed by atoms with Gasteiger partial charge < -0.3 is 20.1 Å². The summed E-state index contributed by atoms with van der Waals surface area (Å²) >= 11 is 0. The average Bonchev–Trinajstić information content (AvgIpc) is 2.63. The maximum Gasteiger partial charge on any atom is 0.191 e. The largest absolute Gasteiger partial charge is 0.381 e. The van der Waals surface area contributed by atoms with Crippen LogP contribution in [0.15, 0.2) is 29.3 Å². The first-order valence-corrected chi connectivity index (χ1v) is 8.74. The predicted octanol–water partition coefficient (Wildman–Crippen LogP) is 3.08. The molecule has 0 amide bonds. The molecule has 1 fully saturated rings. The Balaban J connectivity index is 0.00000338. The molecular formula is C19H31FIN3O2. The lowest BCUT2D eigenvalue weighted by atomic mass is 9.74. The molecule has 0 aromatic heterocycles. The highest BCUT2D eigenvalue weighted by Crippen LogP contribution is 2.34. The normalized spacial score (nSPS) is 17.3. The van der Waals surface area contributed by atoms with E-state index in [-0.39, 0.29) is 40.8 Å². The van der Waals surface area contributed by atoms with Gasteiger partial charge in [-0.1, -0.05) is 12.1 Å². The van der Waals surface area contributed by atoms with E-state index in [1.54, 1.807) is 14.2 Å². The fourth-order valence-corrected chi connectivity index (χ4v) is 2.98. The van der Waals surface area contributed by atoms with E-state index in [2.05, 4.69) is 15.6 Å². The highest BCUT2D eigenvalue weighted by Gasteiger charge is 2.34. The van der Waals surface area contributed by atoms with Crippen LogP contribution in [-0.2, 0) is 14.9 Å². The Morgan fingerprint density at radius 1 is 1.23 bits per heavy atom. The molecule has 2 N–H and O–H groups in total. The predicted molar refractivity (Wildman–Crippen MR) is 114 cm³/mol. The SMILES string of the molecule is CN=C(NCC(C)(C)OC)NCC1(c2ccc(F)cc2)CCOCC1.I. The summed E-state index contributed by atoms with van der Waals surface area (Å²) in [6.07, 6.45) is 1.79. The fourth-order valence-electron chi connectivity index (χ4n) is 2.98. The van der Waals surface area contributed by atoms with E-state index >= 15 is 0 Å². The average molecular weight is 479 g/mol. The molecule has 1 aromatic rings. The Morgan fingerprint density at radius 3 is 2.38 bits per heavy atom. The zero-order valence-corrected chi connectivity index (χ0v) is 18.4. The van der Waals surface area contributed by atoms with Crippen LogP contribution in [0.5, 0.6) is 0 Å². The van der Waals surface area contributed by atoms with Gasteiger partial charge in [-0.15, -0.1) is 24.0 Å². The molecule has 0 radical (unpaired) electrons. The van der Waals surface area contributed by atoms with Gasteiger partial charge in [-0.2, -0.15) is 0 Å². The molecule has 0 bridgehead atoms. The van der Waals surface area contributed by atoms with Crippen molar-refractivity contribution < 1.29 is 13.9 Å². The van der Waals surface area contributed by atoms with E-state index in [0.29, 0.717) is 19.8 Å². The fraction of sp³-hybridized carbons (Fsp3) is 0.632. The maximum atomic E-state index is 13.3. The maximum absolute atomic E-state index is 13.3. The summed E-state index contributed by atoms with van der Waals surface area (Å²) in [6.45, 7) is 6.83. The van der Waals surface area contributed by atoms with Gasteiger partial charge in [0.05, 0.1) is 5.60 Å². The number of ether oxygens (including phenoxy) is 2. The summed E-state index contributed by atoms with van der Waals surface area (Å²) in [6, 6.07) is 6.82. The van der Waals surface area contributed by atoms with Gasteiger partial charge in [0.2, 0.25) is 0 Å². The Morgan fingerprint density at radius 2 is 1.85 bits per heavy atom. The molecule has 7 heteroatoms. The number of hydrogen-bond donors (Lipinski definition) is 2. The van der Waals surface area contributed by atoms with Crippen LogP contribution in [0.4, 0.5) is 4.39 Å². The van der Waals surface area contributed by atoms with Gasteiger partial charge in [-0.05, 0) is 44.4 Å². The van der Waals surface area contributed by atoms with E-state index < -0.39 is 0 Å². The second-order valence-corrected chi connectivity index (χ2v) is 7.14. The van der Waals surface area contributed by atoms with Crippen molar-refractivity contribution in [1.82, 2.24) is 10.6 Å². The molecule has 148 valence electrons. The summed E-state index contributed by atoms with van der Waals surface area (Å²) in [5, 5.41) is 6.72. The van der Waals surface area contributed by atoms with Crippen molar-refractivity contribution in [3.63, 3.8) is 0 Å². The highest BCUT2D eigenvalue weighted by molar-refractivity contribution is 14.0. The second kappa shape index (κ2) is 10.4. The van der Waals surface area contributed by atoms with E-state index in [0.717, 1.165) is 30.9 Å². The van der Waals surface area contributed by atoms with Gasteiger partial charge in [0, 0.05) is 45.9 Å². The minimum absolute atomic E-state index is 0. The lowest BCUT2D eigenvalue weighted by Gasteiger charge is -2.38. The molecule has 2 rings (SSSR count). The van der Waals surface area contributed by atoms with Crippen LogP contribution in [0.1, 0.15) is 32.3 Å². The van der Waals surface area contributed by atoms with Gasteiger partial charge >= 0.3 is 0 Å². The zero-order valence-electron chi connectivity index (χ0n) is 16.1. The van der Waals surface area contributed by atoms with Crippen molar-refractivity contribution in [1.29, 1.82) is 0 Å². The first-order chi connectivity index (χ1) is 11.9. The minimum atomic E-state index is -0.273. The quantitative estimate of drug-likeness (QED) is 0.374. The van der Waals surface area contributed by atoms with Crippen molar-refractivity contribution in [2.75, 3.05) is 40.5 Å². The third kappa shape index (κ3) is 6.35. The Hall–Kier alpha value is -0.930. The van der Waals surface area contributed by atoms with Crippen LogP contribution in [0.25, 0.3) is 0 Å². The van der Waals surface area contributed by atoms with Crippen LogP contribution >= 0.6 is 24.0 Å². The lowest BCUT2D eigenvalue weighted by Crippen LogP contribution is -2.50. The lowest BCUT2D eigenvalue weighted by molar-refractivity contribution is 0.0267. The van der Waals surface area contributed by atoms with E-state index in [1.165, 1.54) is 12.1 Å². The molecule has 1 aliphatic heterocycles. The number of halogens is 2. The summed E-state index contributed by atoms with van der Waals surface area (Å²) < 4.78 is 24.3. The Kier molecular flexibility index (Phi) is 9.26. The van der Waals surface area contributed by atoms with Crippen LogP contribution in [0, 0.1) is 5.82 Å². The Bertz CT molecular complexity index is 573. The number of methoxy groups -OCH3 is 1. The molecule has 0 saturated carbocycles. The van der Waals surface area contributed by atoms with Crippen LogP contribution in [0.2, 0.25) is 0 Å². The summed E-state index contributed by atoms with van der Waals surface area (Å²) in [5.74, 6) is 0.524. The van der Waals surface area contributed by atoms with Crippen LogP contribution in [0.3, 0.4) is 0 Å². The number of benzene rings is 1. The number of hydrogen-bond acceptors (Lipinski definition) is 3. The molecule has 5 nitrogen and oxygen atoms in total. The van der Waals surface area contributed by atoms with Gasteiger partial charge in [0.25, 0.3) is 0 Å². The van der Waals surface area contributed by atoms with Gasteiger partial charge in [-0.25, -0.2) is 4.39 Å². The van der Waals surface area contributed by atoms with Crippen molar-refractivity contribution in [3.8, 4) is 0 Å². The number of guanidine groups is 1. The van der Waals surface area contributed by atoms with Crippen molar-refractivity contribution >= 4 is 29.9 Å². The molecule has 0 aliphatic carbocycles. The summed E-state index contributed by atoms with van der Waals surface area (Å²) in [7, 11) is 3.45. The molecule has 1 saturated heterocycles. The van der Waals surface area contributed by atoms with Crippen molar-refractivity contribution in [2.45, 2.75) is 37.7 Å². The molecule has 1 aromatic carbocycles. The third-order valence-electron chi connectivity index (χ3n) is 4.96. The van der Waals surface area contributed by atoms with Crippen LogP contribution in [-0.4, -0.2) is 52.0 Å². The van der Waals surface area contributed by atoms with Crippen molar-refractivity contribution in [2.24, 2.45) is 4.99 Å². The van der Waals surface area contributed by atoms with Gasteiger partial charge in [0.15, 0.2) is 5.96 Å². The molecule has 1 heterocycles. The summed E-state index contributed by atoms with van der Waals surface area (Å²) in [4.78, 5) is 4.30. The summed E-state index contributed by atoms with van der Waals surface area (Å²) in [5.41, 5.74) is 0.781. The third-order valence-corrected chi connectivity index (χ3v) is 4.96. The molecule has 1 aliphatic rings. The van der Waals surface area contributed by atoms with E-state index in [9.17, 15) is 4.39 Å². The Labute approximate surface area is 173 Å². The molecule has 26 heavy (non-hydrogen) atoms. The molecule has 0 spiro atoms. The van der Waals surface area contributed by atoms with Crippen LogP contribution < -0.4 is 10.6 Å². The second-order valence-electron chi connectivity index (χ2n) is 7.14. The number of rotatable bonds is 6. The minimum Gasteiger partial charge on any atom is -0.381 e. The number of nitrogens with one attached hydrogen (secondary N) is 2. The molecular weight excluding hydrogens is 448 g/mol. The van der Waals surface area contributed by atoms with Gasteiger partial charge in [0.1, 0.15) is 5.82 Å². The van der Waals surface area contributed by atoms with Gasteiger partial charge in [-0.3, -0.25) is 4.99 Å². The monoisotopic (exact) mass is 479 g/mol. The van der Waals surface area contributed by atoms with E-state index in [1.807, 2.05) is 26.0 Å². The first kappa shape index (κ1) is 23.1. The standard InChI is InChI=1S/C19H30FN3O2.HI/c1-18(2,24-4)13-22-17(21-3)23-14-19(9-11-25-12-10-19)15-5-7-16(20)8-6-15;/h5-8H,9-14H2,1-4H3,(H2,21,22,23);1H. The zero-order chi connectivity index (χ0) is 18.3. The number of nitrogens with zero attached hydrogens (tertiary/aromatic N) is 1. The first-order valence-electron chi connectivity index (χ1n) is 8.74. The molecule has 0 atom stereocenters. The number of aliphatic imine (C=N–C) groups is 1. The topological polar surface area (TPSA) is 54.9 Å². The molecule has 0 unspecified atom stereocenters. The van der Waals surface area contributed by atoms with E-state index in [4.69, 9.17) is 9.47 Å².